The molecule has 0 fully saturated rings. The van der Waals surface area contributed by atoms with Crippen LogP contribution < -0.4 is 0 Å². The first-order valence-electron chi connectivity index (χ1n) is 6.18. The Balaban J connectivity index is 2.25. The van der Waals surface area contributed by atoms with E-state index in [-0.39, 0.29) is 0 Å². The van der Waals surface area contributed by atoms with E-state index in [9.17, 15) is 5.11 Å². The van der Waals surface area contributed by atoms with Crippen molar-refractivity contribution in [3.8, 4) is 11.1 Å². The molecule has 100 valence electrons. The van der Waals surface area contributed by atoms with Crippen molar-refractivity contribution in [3.63, 3.8) is 0 Å². The number of hydrogen-bond acceptors (Lipinski definition) is 1. The molecule has 0 spiro atoms. The fraction of sp³-hybridized carbons (Fsp3) is 0.250. The summed E-state index contributed by atoms with van der Waals surface area (Å²) in [6.45, 7) is 1.84. The van der Waals surface area contributed by atoms with Crippen molar-refractivity contribution in [2.45, 2.75) is 18.9 Å². The van der Waals surface area contributed by atoms with Crippen LogP contribution in [0.2, 0.25) is 5.02 Å². The SMILES string of the molecule is CC(O)(CCBr)c1ccc(-c2ccc(Cl)cc2)cc1. The van der Waals surface area contributed by atoms with Gasteiger partial charge in [0.05, 0.1) is 5.60 Å². The van der Waals surface area contributed by atoms with Gasteiger partial charge in [-0.3, -0.25) is 0 Å². The van der Waals surface area contributed by atoms with Crippen LogP contribution >= 0.6 is 27.5 Å². The maximum atomic E-state index is 10.3. The Morgan fingerprint density at radius 2 is 1.47 bits per heavy atom. The van der Waals surface area contributed by atoms with Crippen LogP contribution in [0.1, 0.15) is 18.9 Å². The molecule has 0 aliphatic carbocycles. The number of benzene rings is 2. The van der Waals surface area contributed by atoms with Crippen LogP contribution in [0.15, 0.2) is 48.5 Å². The predicted molar refractivity (Wildman–Crippen MR) is 84.9 cm³/mol. The lowest BCUT2D eigenvalue weighted by Gasteiger charge is -2.23. The van der Waals surface area contributed by atoms with Crippen LogP contribution in [0, 0.1) is 0 Å². The quantitative estimate of drug-likeness (QED) is 0.777. The molecule has 0 saturated heterocycles. The summed E-state index contributed by atoms with van der Waals surface area (Å²) in [5.41, 5.74) is 2.39. The van der Waals surface area contributed by atoms with Crippen LogP contribution in [0.4, 0.5) is 0 Å². The van der Waals surface area contributed by atoms with Crippen LogP contribution in [0.3, 0.4) is 0 Å². The Kier molecular flexibility index (Phi) is 4.67. The molecule has 1 nitrogen and oxygen atoms in total. The van der Waals surface area contributed by atoms with Crippen molar-refractivity contribution in [2.24, 2.45) is 0 Å². The molecular formula is C16H16BrClO. The molecule has 1 atom stereocenters. The molecule has 0 saturated carbocycles. The number of halogens is 2. The summed E-state index contributed by atoms with van der Waals surface area (Å²) in [6.07, 6.45) is 0.688. The first kappa shape index (κ1) is 14.6. The fourth-order valence-electron chi connectivity index (χ4n) is 1.99. The second-order valence-electron chi connectivity index (χ2n) is 4.80. The van der Waals surface area contributed by atoms with E-state index in [1.165, 1.54) is 0 Å². The van der Waals surface area contributed by atoms with Crippen LogP contribution in [-0.2, 0) is 5.60 Å². The number of rotatable bonds is 4. The van der Waals surface area contributed by atoms with E-state index in [0.717, 1.165) is 27.0 Å². The van der Waals surface area contributed by atoms with Crippen molar-refractivity contribution in [1.82, 2.24) is 0 Å². The van der Waals surface area contributed by atoms with E-state index in [1.807, 2.05) is 55.5 Å². The first-order valence-corrected chi connectivity index (χ1v) is 7.68. The zero-order chi connectivity index (χ0) is 13.9. The second kappa shape index (κ2) is 6.08. The zero-order valence-corrected chi connectivity index (χ0v) is 13.1. The molecule has 2 aromatic carbocycles. The molecule has 19 heavy (non-hydrogen) atoms. The smallest absolute Gasteiger partial charge is 0.0876 e. The summed E-state index contributed by atoms with van der Waals surface area (Å²) in [5.74, 6) is 0. The fourth-order valence-corrected chi connectivity index (χ4v) is 2.89. The molecule has 2 rings (SSSR count). The predicted octanol–water partition coefficient (Wildman–Crippen LogP) is 5.00. The highest BCUT2D eigenvalue weighted by molar-refractivity contribution is 9.09. The summed E-state index contributed by atoms with van der Waals surface area (Å²) in [7, 11) is 0. The molecular weight excluding hydrogens is 324 g/mol. The largest absolute Gasteiger partial charge is 0.385 e. The van der Waals surface area contributed by atoms with Gasteiger partial charge < -0.3 is 5.11 Å². The summed E-state index contributed by atoms with van der Waals surface area (Å²) in [5, 5.41) is 11.8. The maximum absolute atomic E-state index is 10.3. The van der Waals surface area contributed by atoms with Gasteiger partial charge in [0.25, 0.3) is 0 Å². The Labute approximate surface area is 127 Å². The summed E-state index contributed by atoms with van der Waals surface area (Å²) in [4.78, 5) is 0. The lowest BCUT2D eigenvalue weighted by molar-refractivity contribution is 0.0547. The van der Waals surface area contributed by atoms with Gasteiger partial charge in [0.15, 0.2) is 0 Å². The second-order valence-corrected chi connectivity index (χ2v) is 6.03. The third-order valence-corrected chi connectivity index (χ3v) is 3.91. The van der Waals surface area contributed by atoms with Crippen LogP contribution in [-0.4, -0.2) is 10.4 Å². The molecule has 0 radical (unpaired) electrons. The summed E-state index contributed by atoms with van der Waals surface area (Å²) in [6, 6.07) is 15.8. The topological polar surface area (TPSA) is 20.2 Å². The van der Waals surface area contributed by atoms with Crippen LogP contribution in [0.5, 0.6) is 0 Å². The summed E-state index contributed by atoms with van der Waals surface area (Å²) < 4.78 is 0. The van der Waals surface area contributed by atoms with E-state index in [2.05, 4.69) is 15.9 Å². The Morgan fingerprint density at radius 3 is 1.95 bits per heavy atom. The lowest BCUT2D eigenvalue weighted by atomic mass is 9.92. The van der Waals surface area contributed by atoms with Crippen molar-refractivity contribution in [1.29, 1.82) is 0 Å². The van der Waals surface area contributed by atoms with Crippen molar-refractivity contribution < 1.29 is 5.11 Å². The molecule has 0 heterocycles. The normalized spacial score (nSPS) is 14.1. The minimum Gasteiger partial charge on any atom is -0.385 e. The monoisotopic (exact) mass is 338 g/mol. The van der Waals surface area contributed by atoms with E-state index >= 15 is 0 Å². The third kappa shape index (κ3) is 3.59. The van der Waals surface area contributed by atoms with Gasteiger partial charge in [0.1, 0.15) is 0 Å². The minimum atomic E-state index is -0.790. The highest BCUT2D eigenvalue weighted by Crippen LogP contribution is 2.28. The highest BCUT2D eigenvalue weighted by Gasteiger charge is 2.21. The molecule has 2 aromatic rings. The van der Waals surface area contributed by atoms with Crippen molar-refractivity contribution in [3.05, 3.63) is 59.1 Å². The average Bonchev–Trinajstić information content (AvgIpc) is 2.40. The van der Waals surface area contributed by atoms with E-state index in [1.54, 1.807) is 0 Å². The maximum Gasteiger partial charge on any atom is 0.0876 e. The number of aliphatic hydroxyl groups is 1. The van der Waals surface area contributed by atoms with Crippen LogP contribution in [0.25, 0.3) is 11.1 Å². The van der Waals surface area contributed by atoms with E-state index in [4.69, 9.17) is 11.6 Å². The number of alkyl halides is 1. The Morgan fingerprint density at radius 1 is 1.00 bits per heavy atom. The molecule has 1 N–H and O–H groups in total. The molecule has 3 heteroatoms. The van der Waals surface area contributed by atoms with E-state index in [0.29, 0.717) is 6.42 Å². The first-order chi connectivity index (χ1) is 9.03. The minimum absolute atomic E-state index is 0.688. The average molecular weight is 340 g/mol. The lowest BCUT2D eigenvalue weighted by Crippen LogP contribution is -2.21. The standard InChI is InChI=1S/C16H16BrClO/c1-16(19,10-11-17)14-6-2-12(3-7-14)13-4-8-15(18)9-5-13/h2-9,19H,10-11H2,1H3. The number of hydrogen-bond donors (Lipinski definition) is 1. The van der Waals surface area contributed by atoms with Crippen molar-refractivity contribution >= 4 is 27.5 Å². The summed E-state index contributed by atoms with van der Waals surface area (Å²) >= 11 is 9.25. The van der Waals surface area contributed by atoms with Crippen molar-refractivity contribution in [2.75, 3.05) is 5.33 Å². The molecule has 0 amide bonds. The van der Waals surface area contributed by atoms with Gasteiger partial charge in [-0.25, -0.2) is 0 Å². The van der Waals surface area contributed by atoms with Gasteiger partial charge >= 0.3 is 0 Å². The Bertz CT molecular complexity index is 532. The van der Waals surface area contributed by atoms with Gasteiger partial charge in [-0.05, 0) is 42.2 Å². The molecule has 0 aromatic heterocycles. The van der Waals surface area contributed by atoms with Gasteiger partial charge in [-0.1, -0.05) is 63.9 Å². The molecule has 0 aliphatic heterocycles. The van der Waals surface area contributed by atoms with Gasteiger partial charge in [0, 0.05) is 10.4 Å². The van der Waals surface area contributed by atoms with Gasteiger partial charge in [0.2, 0.25) is 0 Å². The van der Waals surface area contributed by atoms with Gasteiger partial charge in [-0.15, -0.1) is 0 Å². The molecule has 1 unspecified atom stereocenters. The third-order valence-electron chi connectivity index (χ3n) is 3.27. The van der Waals surface area contributed by atoms with Gasteiger partial charge in [-0.2, -0.15) is 0 Å². The molecule has 0 bridgehead atoms. The highest BCUT2D eigenvalue weighted by atomic mass is 79.9. The zero-order valence-electron chi connectivity index (χ0n) is 10.7. The Hall–Kier alpha value is -0.830. The molecule has 0 aliphatic rings. The van der Waals surface area contributed by atoms with E-state index < -0.39 is 5.60 Å².